The summed E-state index contributed by atoms with van der Waals surface area (Å²) in [6.07, 6.45) is 0. The molecule has 1 unspecified atom stereocenters. The van der Waals surface area contributed by atoms with Gasteiger partial charge < -0.3 is 10.2 Å². The fourth-order valence-corrected chi connectivity index (χ4v) is 1.86. The van der Waals surface area contributed by atoms with E-state index in [1.807, 2.05) is 18.2 Å². The second kappa shape index (κ2) is 3.22. The van der Waals surface area contributed by atoms with Gasteiger partial charge in [-0.1, -0.05) is 0 Å². The third-order valence-electron chi connectivity index (χ3n) is 2.49. The highest BCUT2D eigenvalue weighted by atomic mass is 15.2. The van der Waals surface area contributed by atoms with E-state index < -0.39 is 0 Å². The first-order valence-electron chi connectivity index (χ1n) is 4.72. The van der Waals surface area contributed by atoms with Gasteiger partial charge in [-0.2, -0.15) is 5.26 Å². The quantitative estimate of drug-likeness (QED) is 0.673. The Bertz CT molecular complexity index is 392. The zero-order chi connectivity index (χ0) is 10.1. The first-order chi connectivity index (χ1) is 6.70. The van der Waals surface area contributed by atoms with Gasteiger partial charge in [0, 0.05) is 19.6 Å². The summed E-state index contributed by atoms with van der Waals surface area (Å²) in [4.78, 5) is 2.18. The largest absolute Gasteiger partial charge is 0.379 e. The van der Waals surface area contributed by atoms with E-state index in [0.29, 0.717) is 11.6 Å². The van der Waals surface area contributed by atoms with Gasteiger partial charge in [0.15, 0.2) is 0 Å². The Hall–Kier alpha value is -1.69. The Balaban J connectivity index is 2.45. The number of nitriles is 1. The number of likely N-dealkylation sites (N-methyl/N-ethyl adjacent to an activating group) is 1. The Kier molecular flexibility index (Phi) is 2.05. The average molecular weight is 187 g/mol. The maximum absolute atomic E-state index is 8.79. The van der Waals surface area contributed by atoms with Crippen LogP contribution in [-0.4, -0.2) is 19.6 Å². The number of fused-ring (bicyclic) bond motifs is 1. The predicted octanol–water partition coefficient (Wildman–Crippen LogP) is 1.81. The van der Waals surface area contributed by atoms with E-state index in [1.54, 1.807) is 0 Å². The molecule has 0 aromatic heterocycles. The van der Waals surface area contributed by atoms with Gasteiger partial charge in [-0.25, -0.2) is 0 Å². The maximum atomic E-state index is 8.79. The van der Waals surface area contributed by atoms with Crippen molar-refractivity contribution in [2.45, 2.75) is 13.0 Å². The molecule has 1 aromatic carbocycles. The van der Waals surface area contributed by atoms with Crippen LogP contribution in [0.2, 0.25) is 0 Å². The second-order valence-corrected chi connectivity index (χ2v) is 3.77. The first kappa shape index (κ1) is 8.89. The molecule has 0 aliphatic carbocycles. The molecule has 1 heterocycles. The minimum absolute atomic E-state index is 0.459. The van der Waals surface area contributed by atoms with Gasteiger partial charge in [0.05, 0.1) is 23.0 Å². The van der Waals surface area contributed by atoms with Crippen LogP contribution in [-0.2, 0) is 0 Å². The van der Waals surface area contributed by atoms with Crippen LogP contribution in [0.3, 0.4) is 0 Å². The molecular weight excluding hydrogens is 174 g/mol. The summed E-state index contributed by atoms with van der Waals surface area (Å²) in [7, 11) is 2.05. The molecular formula is C11H13N3. The molecule has 1 atom stereocenters. The molecule has 0 bridgehead atoms. The molecule has 14 heavy (non-hydrogen) atoms. The van der Waals surface area contributed by atoms with Crippen molar-refractivity contribution in [3.05, 3.63) is 23.8 Å². The van der Waals surface area contributed by atoms with E-state index in [-0.39, 0.29) is 0 Å². The zero-order valence-corrected chi connectivity index (χ0v) is 8.41. The molecule has 0 fully saturated rings. The third kappa shape index (κ3) is 1.39. The lowest BCUT2D eigenvalue weighted by atomic mass is 10.1. The van der Waals surface area contributed by atoms with Crippen LogP contribution in [0.4, 0.5) is 11.4 Å². The summed E-state index contributed by atoms with van der Waals surface area (Å²) in [5, 5.41) is 12.2. The van der Waals surface area contributed by atoms with Gasteiger partial charge in [-0.3, -0.25) is 0 Å². The van der Waals surface area contributed by atoms with Gasteiger partial charge in [0.25, 0.3) is 0 Å². The van der Waals surface area contributed by atoms with Crippen LogP contribution in [0.15, 0.2) is 18.2 Å². The van der Waals surface area contributed by atoms with Crippen LogP contribution >= 0.6 is 0 Å². The number of nitrogens with zero attached hydrogens (tertiary/aromatic N) is 2. The van der Waals surface area contributed by atoms with Crippen LogP contribution in [0, 0.1) is 11.3 Å². The normalized spacial score (nSPS) is 19.5. The Morgan fingerprint density at radius 2 is 2.36 bits per heavy atom. The molecule has 1 aliphatic heterocycles. The summed E-state index contributed by atoms with van der Waals surface area (Å²) in [5.74, 6) is 0. The van der Waals surface area contributed by atoms with Gasteiger partial charge in [-0.15, -0.1) is 0 Å². The van der Waals surface area contributed by atoms with Gasteiger partial charge >= 0.3 is 0 Å². The molecule has 1 N–H and O–H groups in total. The lowest BCUT2D eigenvalue weighted by Gasteiger charge is -2.33. The van der Waals surface area contributed by atoms with Crippen molar-refractivity contribution in [2.75, 3.05) is 23.8 Å². The molecule has 72 valence electrons. The summed E-state index contributed by atoms with van der Waals surface area (Å²) in [6, 6.07) is 8.36. The molecule has 0 spiro atoms. The number of nitrogens with one attached hydrogen (secondary N) is 1. The van der Waals surface area contributed by atoms with Crippen molar-refractivity contribution >= 4 is 11.4 Å². The van der Waals surface area contributed by atoms with Crippen LogP contribution < -0.4 is 10.2 Å². The van der Waals surface area contributed by atoms with Crippen LogP contribution in [0.5, 0.6) is 0 Å². The lowest BCUT2D eigenvalue weighted by molar-refractivity contribution is 0.738. The van der Waals surface area contributed by atoms with Crippen LogP contribution in [0.1, 0.15) is 12.5 Å². The molecule has 1 aromatic rings. The van der Waals surface area contributed by atoms with Crippen molar-refractivity contribution in [3.8, 4) is 6.07 Å². The van der Waals surface area contributed by atoms with Crippen molar-refractivity contribution in [1.82, 2.24) is 0 Å². The summed E-state index contributed by atoms with van der Waals surface area (Å²) >= 11 is 0. The van der Waals surface area contributed by atoms with E-state index in [9.17, 15) is 0 Å². The summed E-state index contributed by atoms with van der Waals surface area (Å²) in [6.45, 7) is 3.12. The minimum atomic E-state index is 0.459. The lowest BCUT2D eigenvalue weighted by Crippen LogP contribution is -2.37. The number of benzene rings is 1. The highest BCUT2D eigenvalue weighted by Crippen LogP contribution is 2.30. The standard InChI is InChI=1S/C11H13N3/c1-8-7-14(2)11-5-9(6-12)3-4-10(11)13-8/h3-5,8,13H,7H2,1-2H3. The Morgan fingerprint density at radius 1 is 1.57 bits per heavy atom. The fraction of sp³-hybridized carbons (Fsp3) is 0.364. The molecule has 0 amide bonds. The van der Waals surface area contributed by atoms with Crippen molar-refractivity contribution in [2.24, 2.45) is 0 Å². The van der Waals surface area contributed by atoms with Crippen LogP contribution in [0.25, 0.3) is 0 Å². The SMILES string of the molecule is CC1CN(C)c2cc(C#N)ccc2N1. The molecule has 0 radical (unpaired) electrons. The zero-order valence-electron chi connectivity index (χ0n) is 8.41. The van der Waals surface area contributed by atoms with Gasteiger partial charge in [-0.05, 0) is 25.1 Å². The molecule has 2 rings (SSSR count). The highest BCUT2D eigenvalue weighted by molar-refractivity contribution is 5.74. The number of hydrogen-bond acceptors (Lipinski definition) is 3. The minimum Gasteiger partial charge on any atom is -0.379 e. The topological polar surface area (TPSA) is 39.1 Å². The first-order valence-corrected chi connectivity index (χ1v) is 4.72. The summed E-state index contributed by atoms with van der Waals surface area (Å²) < 4.78 is 0. The smallest absolute Gasteiger partial charge is 0.0992 e. The van der Waals surface area contributed by atoms with Crippen molar-refractivity contribution in [1.29, 1.82) is 5.26 Å². The highest BCUT2D eigenvalue weighted by Gasteiger charge is 2.17. The van der Waals surface area contributed by atoms with Gasteiger partial charge in [0.2, 0.25) is 0 Å². The van der Waals surface area contributed by atoms with E-state index >= 15 is 0 Å². The van der Waals surface area contributed by atoms with E-state index in [2.05, 4.69) is 30.3 Å². The maximum Gasteiger partial charge on any atom is 0.0992 e. The van der Waals surface area contributed by atoms with E-state index in [0.717, 1.165) is 17.9 Å². The molecule has 3 nitrogen and oxygen atoms in total. The Labute approximate surface area is 84.0 Å². The van der Waals surface area contributed by atoms with Crippen molar-refractivity contribution < 1.29 is 0 Å². The van der Waals surface area contributed by atoms with Gasteiger partial charge in [0.1, 0.15) is 0 Å². The second-order valence-electron chi connectivity index (χ2n) is 3.77. The molecule has 1 aliphatic rings. The Morgan fingerprint density at radius 3 is 3.07 bits per heavy atom. The predicted molar refractivity (Wildman–Crippen MR) is 57.5 cm³/mol. The molecule has 0 saturated heterocycles. The third-order valence-corrected chi connectivity index (χ3v) is 2.49. The fourth-order valence-electron chi connectivity index (χ4n) is 1.86. The number of rotatable bonds is 0. The van der Waals surface area contributed by atoms with E-state index in [4.69, 9.17) is 5.26 Å². The monoisotopic (exact) mass is 187 g/mol. The molecule has 3 heteroatoms. The van der Waals surface area contributed by atoms with E-state index in [1.165, 1.54) is 0 Å². The van der Waals surface area contributed by atoms with Crippen molar-refractivity contribution in [3.63, 3.8) is 0 Å². The summed E-state index contributed by atoms with van der Waals surface area (Å²) in [5.41, 5.74) is 2.94. The number of hydrogen-bond donors (Lipinski definition) is 1. The molecule has 0 saturated carbocycles. The average Bonchev–Trinajstić information content (AvgIpc) is 2.17. The number of anilines is 2.